The lowest BCUT2D eigenvalue weighted by Gasteiger charge is -2.36. The van der Waals surface area contributed by atoms with E-state index < -0.39 is 0 Å². The van der Waals surface area contributed by atoms with Crippen LogP contribution in [0.15, 0.2) is 60.8 Å². The molecule has 1 N–H and O–H groups in total. The average Bonchev–Trinajstić information content (AvgIpc) is 2.87. The molecule has 1 amide bonds. The summed E-state index contributed by atoms with van der Waals surface area (Å²) in [6, 6.07) is 16.6. The Morgan fingerprint density at radius 3 is 2.26 bits per heavy atom. The summed E-state index contributed by atoms with van der Waals surface area (Å²) in [4.78, 5) is 33.4. The molecule has 1 aliphatic rings. The van der Waals surface area contributed by atoms with Crippen molar-refractivity contribution in [2.45, 2.75) is 13.8 Å². The normalized spacial score (nSPS) is 13.5. The summed E-state index contributed by atoms with van der Waals surface area (Å²) in [6.45, 7) is 7.34. The first-order chi connectivity index (χ1) is 16.4. The number of nitrogens with zero attached hydrogens (tertiary/aromatic N) is 3. The van der Waals surface area contributed by atoms with Crippen LogP contribution >= 0.6 is 11.6 Å². The van der Waals surface area contributed by atoms with Gasteiger partial charge in [-0.25, -0.2) is 9.78 Å². The molecule has 3 aromatic rings. The van der Waals surface area contributed by atoms with Crippen molar-refractivity contribution < 1.29 is 14.3 Å². The van der Waals surface area contributed by atoms with E-state index in [4.69, 9.17) is 16.3 Å². The number of nitrogens with one attached hydrogen (secondary N) is 1. The lowest BCUT2D eigenvalue weighted by molar-refractivity contribution is 0.0526. The molecule has 0 radical (unpaired) electrons. The number of carbonyl (C=O) groups excluding carboxylic acids is 2. The number of piperazine rings is 1. The quantitative estimate of drug-likeness (QED) is 0.513. The molecule has 1 aliphatic heterocycles. The standard InChI is InChI=1S/C26H27ClN4O3/c1-3-34-26(33)19-4-8-22(9-5-19)30-12-14-31(15-13-30)24-11-6-20(17-28-24)25(32)29-21-7-10-23(27)18(2)16-21/h4-11,16-17H,3,12-15H2,1-2H3,(H,29,32). The van der Waals surface area contributed by atoms with Crippen LogP contribution in [0, 0.1) is 6.92 Å². The van der Waals surface area contributed by atoms with Crippen molar-refractivity contribution >= 4 is 40.7 Å². The molecule has 0 saturated carbocycles. The van der Waals surface area contributed by atoms with Crippen molar-refractivity contribution in [3.63, 3.8) is 0 Å². The van der Waals surface area contributed by atoms with E-state index in [2.05, 4.69) is 20.1 Å². The monoisotopic (exact) mass is 478 g/mol. The molecule has 0 unspecified atom stereocenters. The molecule has 7 nitrogen and oxygen atoms in total. The minimum Gasteiger partial charge on any atom is -0.462 e. The zero-order valence-electron chi connectivity index (χ0n) is 19.3. The molecule has 0 bridgehead atoms. The van der Waals surface area contributed by atoms with Gasteiger partial charge in [0.15, 0.2) is 0 Å². The number of rotatable bonds is 6. The number of hydrogen-bond acceptors (Lipinski definition) is 6. The molecule has 2 aromatic carbocycles. The summed E-state index contributed by atoms with van der Waals surface area (Å²) in [6.07, 6.45) is 1.61. The summed E-state index contributed by atoms with van der Waals surface area (Å²) < 4.78 is 5.04. The largest absolute Gasteiger partial charge is 0.462 e. The number of benzene rings is 2. The van der Waals surface area contributed by atoms with Gasteiger partial charge in [0.25, 0.3) is 5.91 Å². The van der Waals surface area contributed by atoms with Gasteiger partial charge < -0.3 is 19.9 Å². The van der Waals surface area contributed by atoms with Gasteiger partial charge >= 0.3 is 5.97 Å². The van der Waals surface area contributed by atoms with E-state index in [-0.39, 0.29) is 11.9 Å². The number of anilines is 3. The van der Waals surface area contributed by atoms with Crippen LogP contribution in [0.25, 0.3) is 0 Å². The van der Waals surface area contributed by atoms with Gasteiger partial charge in [-0.15, -0.1) is 0 Å². The molecular formula is C26H27ClN4O3. The first kappa shape index (κ1) is 23.6. The molecule has 2 heterocycles. The molecule has 1 aromatic heterocycles. The summed E-state index contributed by atoms with van der Waals surface area (Å²) in [5, 5.41) is 3.54. The van der Waals surface area contributed by atoms with Crippen LogP contribution in [-0.4, -0.2) is 49.6 Å². The van der Waals surface area contributed by atoms with E-state index in [1.54, 1.807) is 43.5 Å². The number of amides is 1. The molecular weight excluding hydrogens is 452 g/mol. The SMILES string of the molecule is CCOC(=O)c1ccc(N2CCN(c3ccc(C(=O)Nc4ccc(Cl)c(C)c4)cn3)CC2)cc1. The lowest BCUT2D eigenvalue weighted by Crippen LogP contribution is -2.46. The maximum atomic E-state index is 12.6. The molecule has 0 spiro atoms. The zero-order chi connectivity index (χ0) is 24.1. The minimum absolute atomic E-state index is 0.211. The average molecular weight is 479 g/mol. The summed E-state index contributed by atoms with van der Waals surface area (Å²) in [5.41, 5.74) is 3.73. The molecule has 0 aliphatic carbocycles. The van der Waals surface area contributed by atoms with Gasteiger partial charge in [-0.1, -0.05) is 11.6 Å². The Morgan fingerprint density at radius 2 is 1.65 bits per heavy atom. The molecule has 4 rings (SSSR count). The van der Waals surface area contributed by atoms with Gasteiger partial charge in [-0.05, 0) is 74.0 Å². The van der Waals surface area contributed by atoms with Crippen LogP contribution in [0.4, 0.5) is 17.2 Å². The van der Waals surface area contributed by atoms with E-state index in [9.17, 15) is 9.59 Å². The van der Waals surface area contributed by atoms with Crippen molar-refractivity contribution in [3.8, 4) is 0 Å². The fourth-order valence-electron chi connectivity index (χ4n) is 3.85. The van der Waals surface area contributed by atoms with Crippen LogP contribution in [0.1, 0.15) is 33.2 Å². The van der Waals surface area contributed by atoms with Gasteiger partial charge in [-0.3, -0.25) is 4.79 Å². The van der Waals surface area contributed by atoms with E-state index >= 15 is 0 Å². The second-order valence-corrected chi connectivity index (χ2v) is 8.47. The molecule has 176 valence electrons. The van der Waals surface area contributed by atoms with E-state index in [0.717, 1.165) is 43.2 Å². The molecule has 8 heteroatoms. The van der Waals surface area contributed by atoms with Crippen LogP contribution < -0.4 is 15.1 Å². The maximum Gasteiger partial charge on any atom is 0.338 e. The van der Waals surface area contributed by atoms with Crippen LogP contribution in [-0.2, 0) is 4.74 Å². The van der Waals surface area contributed by atoms with Crippen molar-refractivity contribution in [2.24, 2.45) is 0 Å². The minimum atomic E-state index is -0.301. The predicted molar refractivity (Wildman–Crippen MR) is 135 cm³/mol. The number of aryl methyl sites for hydroxylation is 1. The first-order valence-corrected chi connectivity index (χ1v) is 11.6. The summed E-state index contributed by atoms with van der Waals surface area (Å²) in [5.74, 6) is 0.332. The number of ether oxygens (including phenoxy) is 1. The third-order valence-electron chi connectivity index (χ3n) is 5.77. The Morgan fingerprint density at radius 1 is 0.971 bits per heavy atom. The number of aromatic nitrogens is 1. The summed E-state index contributed by atoms with van der Waals surface area (Å²) in [7, 11) is 0. The number of halogens is 1. The van der Waals surface area contributed by atoms with Gasteiger partial charge in [0.05, 0.1) is 17.7 Å². The fourth-order valence-corrected chi connectivity index (χ4v) is 3.97. The topological polar surface area (TPSA) is 74.8 Å². The van der Waals surface area contributed by atoms with Gasteiger partial charge in [0.1, 0.15) is 5.82 Å². The molecule has 34 heavy (non-hydrogen) atoms. The highest BCUT2D eigenvalue weighted by Gasteiger charge is 2.19. The third kappa shape index (κ3) is 5.48. The van der Waals surface area contributed by atoms with Gasteiger partial charge in [-0.2, -0.15) is 0 Å². The molecule has 1 saturated heterocycles. The van der Waals surface area contributed by atoms with Crippen LogP contribution in [0.3, 0.4) is 0 Å². The second kappa shape index (κ2) is 10.6. The van der Waals surface area contributed by atoms with Crippen molar-refractivity contribution in [1.82, 2.24) is 4.98 Å². The smallest absolute Gasteiger partial charge is 0.338 e. The van der Waals surface area contributed by atoms with E-state index in [1.807, 2.05) is 31.2 Å². The summed E-state index contributed by atoms with van der Waals surface area (Å²) >= 11 is 6.05. The Bertz CT molecular complexity index is 1160. The molecule has 0 atom stereocenters. The highest BCUT2D eigenvalue weighted by molar-refractivity contribution is 6.31. The van der Waals surface area contributed by atoms with Crippen molar-refractivity contribution in [1.29, 1.82) is 0 Å². The first-order valence-electron chi connectivity index (χ1n) is 11.2. The third-order valence-corrected chi connectivity index (χ3v) is 6.20. The van der Waals surface area contributed by atoms with Crippen molar-refractivity contribution in [2.75, 3.05) is 47.9 Å². The Kier molecular flexibility index (Phi) is 7.33. The van der Waals surface area contributed by atoms with Gasteiger partial charge in [0.2, 0.25) is 0 Å². The Hall–Kier alpha value is -3.58. The number of pyridine rings is 1. The predicted octanol–water partition coefficient (Wildman–Crippen LogP) is 4.80. The number of esters is 1. The van der Waals surface area contributed by atoms with Gasteiger partial charge in [0, 0.05) is 48.8 Å². The second-order valence-electron chi connectivity index (χ2n) is 8.06. The zero-order valence-corrected chi connectivity index (χ0v) is 20.0. The highest BCUT2D eigenvalue weighted by atomic mass is 35.5. The fraction of sp³-hybridized carbons (Fsp3) is 0.269. The number of hydrogen-bond donors (Lipinski definition) is 1. The van der Waals surface area contributed by atoms with Crippen LogP contribution in [0.5, 0.6) is 0 Å². The highest BCUT2D eigenvalue weighted by Crippen LogP contribution is 2.22. The van der Waals surface area contributed by atoms with E-state index in [1.165, 1.54) is 0 Å². The maximum absolute atomic E-state index is 12.6. The van der Waals surface area contributed by atoms with E-state index in [0.29, 0.717) is 28.4 Å². The number of carbonyl (C=O) groups is 2. The Labute approximate surface area is 204 Å². The van der Waals surface area contributed by atoms with Crippen molar-refractivity contribution in [3.05, 3.63) is 82.5 Å². The molecule has 1 fully saturated rings. The lowest BCUT2D eigenvalue weighted by atomic mass is 10.1. The van der Waals surface area contributed by atoms with Crippen LogP contribution in [0.2, 0.25) is 5.02 Å². The Balaban J connectivity index is 1.32.